The molecule has 0 N–H and O–H groups in total. The zero-order valence-corrected chi connectivity index (χ0v) is 8.76. The first-order valence-corrected chi connectivity index (χ1v) is 4.84. The van der Waals surface area contributed by atoms with E-state index in [4.69, 9.17) is 4.74 Å². The first-order valence-electron chi connectivity index (χ1n) is 4.84. The van der Waals surface area contributed by atoms with E-state index in [-0.39, 0.29) is 5.60 Å². The van der Waals surface area contributed by atoms with E-state index >= 15 is 0 Å². The third kappa shape index (κ3) is 3.55. The molecule has 0 saturated carbocycles. The lowest BCUT2D eigenvalue weighted by Crippen LogP contribution is -2.30. The Bertz CT molecular complexity index is 139. The lowest BCUT2D eigenvalue weighted by molar-refractivity contribution is -0.0574. The Labute approximate surface area is 75.9 Å². The molecule has 0 radical (unpaired) electrons. The topological polar surface area (TPSA) is 12.5 Å². The van der Waals surface area contributed by atoms with Crippen molar-refractivity contribution in [2.75, 3.05) is 19.8 Å². The third-order valence-corrected chi connectivity index (χ3v) is 2.19. The summed E-state index contributed by atoms with van der Waals surface area (Å²) >= 11 is 0. The van der Waals surface area contributed by atoms with Crippen molar-refractivity contribution < 1.29 is 4.74 Å². The second-order valence-corrected chi connectivity index (χ2v) is 4.86. The number of hydrogen-bond donors (Lipinski definition) is 0. The Morgan fingerprint density at radius 3 is 2.50 bits per heavy atom. The maximum absolute atomic E-state index is 5.69. The molecule has 1 heterocycles. The summed E-state index contributed by atoms with van der Waals surface area (Å²) in [5.74, 6) is 0.855. The van der Waals surface area contributed by atoms with Crippen molar-refractivity contribution >= 4 is 0 Å². The minimum Gasteiger partial charge on any atom is -0.360 e. The molecule has 1 aliphatic rings. The number of nitrogens with zero attached hydrogens (tertiary/aromatic N) is 1. The van der Waals surface area contributed by atoms with Crippen LogP contribution in [0, 0.1) is 5.92 Å². The van der Waals surface area contributed by atoms with Gasteiger partial charge in [0.15, 0.2) is 0 Å². The molecular formula is C10H21NO. The van der Waals surface area contributed by atoms with Gasteiger partial charge in [-0.3, -0.25) is 4.90 Å². The van der Waals surface area contributed by atoms with Gasteiger partial charge < -0.3 is 4.74 Å². The largest absolute Gasteiger partial charge is 0.360 e. The van der Waals surface area contributed by atoms with Crippen LogP contribution in [-0.2, 0) is 4.74 Å². The fourth-order valence-corrected chi connectivity index (χ4v) is 1.43. The van der Waals surface area contributed by atoms with Crippen molar-refractivity contribution in [2.45, 2.75) is 39.7 Å². The molecule has 0 bridgehead atoms. The SMILES string of the molecule is CC1CCN(COC(C)(C)C)C1. The Morgan fingerprint density at radius 1 is 1.42 bits per heavy atom. The van der Waals surface area contributed by atoms with Gasteiger partial charge in [0.25, 0.3) is 0 Å². The molecule has 0 aliphatic carbocycles. The number of likely N-dealkylation sites (tertiary alicyclic amines) is 1. The summed E-state index contributed by atoms with van der Waals surface area (Å²) in [7, 11) is 0. The van der Waals surface area contributed by atoms with Crippen LogP contribution >= 0.6 is 0 Å². The lowest BCUT2D eigenvalue weighted by atomic mass is 10.2. The quantitative estimate of drug-likeness (QED) is 0.631. The van der Waals surface area contributed by atoms with Crippen LogP contribution in [0.5, 0.6) is 0 Å². The minimum atomic E-state index is 0.00578. The molecule has 1 aliphatic heterocycles. The van der Waals surface area contributed by atoms with Crippen LogP contribution in [0.25, 0.3) is 0 Å². The van der Waals surface area contributed by atoms with Crippen LogP contribution in [-0.4, -0.2) is 30.3 Å². The zero-order valence-electron chi connectivity index (χ0n) is 8.76. The predicted octanol–water partition coefficient (Wildman–Crippen LogP) is 2.10. The average Bonchev–Trinajstić information content (AvgIpc) is 2.30. The van der Waals surface area contributed by atoms with Crippen molar-refractivity contribution in [2.24, 2.45) is 5.92 Å². The molecule has 0 aromatic heterocycles. The highest BCUT2D eigenvalue weighted by Crippen LogP contribution is 2.16. The molecule has 1 atom stereocenters. The average molecular weight is 171 g/mol. The molecule has 0 amide bonds. The van der Waals surface area contributed by atoms with Crippen LogP contribution in [0.4, 0.5) is 0 Å². The second-order valence-electron chi connectivity index (χ2n) is 4.86. The van der Waals surface area contributed by atoms with E-state index in [2.05, 4.69) is 32.6 Å². The summed E-state index contributed by atoms with van der Waals surface area (Å²) in [6.45, 7) is 11.8. The van der Waals surface area contributed by atoms with Gasteiger partial charge >= 0.3 is 0 Å². The number of hydrogen-bond acceptors (Lipinski definition) is 2. The minimum absolute atomic E-state index is 0.00578. The van der Waals surface area contributed by atoms with Crippen molar-refractivity contribution in [1.29, 1.82) is 0 Å². The summed E-state index contributed by atoms with van der Waals surface area (Å²) in [6.07, 6.45) is 1.33. The molecule has 2 heteroatoms. The molecule has 1 fully saturated rings. The van der Waals surface area contributed by atoms with E-state index in [0.717, 1.165) is 12.6 Å². The van der Waals surface area contributed by atoms with Gasteiger partial charge in [-0.2, -0.15) is 0 Å². The summed E-state index contributed by atoms with van der Waals surface area (Å²) < 4.78 is 5.69. The second kappa shape index (κ2) is 3.75. The van der Waals surface area contributed by atoms with Gasteiger partial charge in [-0.25, -0.2) is 0 Å². The molecule has 12 heavy (non-hydrogen) atoms. The fourth-order valence-electron chi connectivity index (χ4n) is 1.43. The molecular weight excluding hydrogens is 150 g/mol. The third-order valence-electron chi connectivity index (χ3n) is 2.19. The van der Waals surface area contributed by atoms with Crippen molar-refractivity contribution in [3.05, 3.63) is 0 Å². The van der Waals surface area contributed by atoms with E-state index in [9.17, 15) is 0 Å². The van der Waals surface area contributed by atoms with Gasteiger partial charge in [0.1, 0.15) is 0 Å². The monoisotopic (exact) mass is 171 g/mol. The molecule has 1 unspecified atom stereocenters. The van der Waals surface area contributed by atoms with Crippen LogP contribution in [0.2, 0.25) is 0 Å². The lowest BCUT2D eigenvalue weighted by Gasteiger charge is -2.24. The summed E-state index contributed by atoms with van der Waals surface area (Å²) in [5, 5.41) is 0. The summed E-state index contributed by atoms with van der Waals surface area (Å²) in [6, 6.07) is 0. The normalized spacial score (nSPS) is 26.5. The molecule has 0 aromatic carbocycles. The summed E-state index contributed by atoms with van der Waals surface area (Å²) in [5.41, 5.74) is 0.00578. The van der Waals surface area contributed by atoms with Crippen molar-refractivity contribution in [3.8, 4) is 0 Å². The van der Waals surface area contributed by atoms with Crippen LogP contribution < -0.4 is 0 Å². The molecule has 0 spiro atoms. The van der Waals surface area contributed by atoms with E-state index in [1.807, 2.05) is 0 Å². The predicted molar refractivity (Wildman–Crippen MR) is 51.1 cm³/mol. The fraction of sp³-hybridized carbons (Fsp3) is 1.00. The molecule has 1 rings (SSSR count). The molecule has 1 saturated heterocycles. The van der Waals surface area contributed by atoms with Gasteiger partial charge in [-0.1, -0.05) is 6.92 Å². The van der Waals surface area contributed by atoms with Crippen LogP contribution in [0.3, 0.4) is 0 Å². The Hall–Kier alpha value is -0.0800. The highest BCUT2D eigenvalue weighted by Gasteiger charge is 2.20. The van der Waals surface area contributed by atoms with E-state index in [0.29, 0.717) is 0 Å². The first-order chi connectivity index (χ1) is 5.47. The van der Waals surface area contributed by atoms with E-state index in [1.54, 1.807) is 0 Å². The first kappa shape index (κ1) is 10.0. The van der Waals surface area contributed by atoms with E-state index in [1.165, 1.54) is 19.5 Å². The van der Waals surface area contributed by atoms with Crippen molar-refractivity contribution in [1.82, 2.24) is 4.90 Å². The smallest absolute Gasteiger partial charge is 0.0997 e. The highest BCUT2D eigenvalue weighted by atomic mass is 16.5. The van der Waals surface area contributed by atoms with Crippen LogP contribution in [0.15, 0.2) is 0 Å². The van der Waals surface area contributed by atoms with Gasteiger partial charge in [0, 0.05) is 13.1 Å². The Balaban J connectivity index is 2.16. The number of ether oxygens (including phenoxy) is 1. The van der Waals surface area contributed by atoms with Gasteiger partial charge in [0.2, 0.25) is 0 Å². The highest BCUT2D eigenvalue weighted by molar-refractivity contribution is 4.70. The molecule has 72 valence electrons. The Morgan fingerprint density at radius 2 is 2.08 bits per heavy atom. The van der Waals surface area contributed by atoms with Gasteiger partial charge in [-0.05, 0) is 33.1 Å². The Kier molecular flexibility index (Phi) is 3.13. The zero-order chi connectivity index (χ0) is 9.19. The number of rotatable bonds is 2. The summed E-state index contributed by atoms with van der Waals surface area (Å²) in [4.78, 5) is 2.38. The maximum atomic E-state index is 5.69. The maximum Gasteiger partial charge on any atom is 0.0997 e. The van der Waals surface area contributed by atoms with Gasteiger partial charge in [0.05, 0.1) is 12.3 Å². The van der Waals surface area contributed by atoms with Crippen molar-refractivity contribution in [3.63, 3.8) is 0 Å². The van der Waals surface area contributed by atoms with E-state index < -0.39 is 0 Å². The van der Waals surface area contributed by atoms with Gasteiger partial charge in [-0.15, -0.1) is 0 Å². The standard InChI is InChI=1S/C10H21NO/c1-9-5-6-11(7-9)8-12-10(2,3)4/h9H,5-8H2,1-4H3. The van der Waals surface area contributed by atoms with Crippen LogP contribution in [0.1, 0.15) is 34.1 Å². The molecule has 2 nitrogen and oxygen atoms in total. The molecule has 0 aromatic rings.